The van der Waals surface area contributed by atoms with Crippen LogP contribution in [0.1, 0.15) is 25.7 Å². The van der Waals surface area contributed by atoms with Crippen LogP contribution in [0.2, 0.25) is 0 Å². The molecule has 0 saturated heterocycles. The third kappa shape index (κ3) is 3.88. The average molecular weight is 169 g/mol. The summed E-state index contributed by atoms with van der Waals surface area (Å²) in [6.45, 7) is 1.96. The quantitative estimate of drug-likeness (QED) is 0.500. The van der Waals surface area contributed by atoms with E-state index in [4.69, 9.17) is 4.74 Å². The van der Waals surface area contributed by atoms with Gasteiger partial charge in [-0.25, -0.2) is 0 Å². The Labute approximate surface area is 75.0 Å². The number of hydrogen-bond acceptors (Lipinski definition) is 2. The minimum atomic E-state index is 0.715. The van der Waals surface area contributed by atoms with Crippen molar-refractivity contribution in [3.63, 3.8) is 0 Å². The first kappa shape index (κ1) is 9.75. The molecule has 1 rings (SSSR count). The lowest BCUT2D eigenvalue weighted by Crippen LogP contribution is -2.30. The Morgan fingerprint density at radius 3 is 3.08 bits per heavy atom. The number of ether oxygens (including phenoxy) is 1. The van der Waals surface area contributed by atoms with Crippen molar-refractivity contribution in [1.82, 2.24) is 5.32 Å². The van der Waals surface area contributed by atoms with Crippen LogP contribution in [-0.2, 0) is 4.74 Å². The number of rotatable bonds is 5. The van der Waals surface area contributed by atoms with Crippen LogP contribution >= 0.6 is 0 Å². The second kappa shape index (κ2) is 6.21. The van der Waals surface area contributed by atoms with Gasteiger partial charge in [-0.2, -0.15) is 0 Å². The zero-order valence-electron chi connectivity index (χ0n) is 7.88. The fourth-order valence-corrected chi connectivity index (χ4v) is 1.50. The van der Waals surface area contributed by atoms with Crippen LogP contribution in [0.3, 0.4) is 0 Å². The summed E-state index contributed by atoms with van der Waals surface area (Å²) in [7, 11) is 1.75. The summed E-state index contributed by atoms with van der Waals surface area (Å²) in [5.41, 5.74) is 0. The largest absolute Gasteiger partial charge is 0.385 e. The molecule has 0 amide bonds. The van der Waals surface area contributed by atoms with E-state index in [2.05, 4.69) is 17.5 Å². The molecule has 0 aromatic heterocycles. The summed E-state index contributed by atoms with van der Waals surface area (Å²) in [6, 6.07) is 0.715. The standard InChI is InChI=1S/C10H19NO/c1-12-9-5-8-11-10-6-3-2-4-7-10/h2-3,10-11H,4-9H2,1H3. The van der Waals surface area contributed by atoms with Crippen molar-refractivity contribution in [1.29, 1.82) is 0 Å². The van der Waals surface area contributed by atoms with Crippen LogP contribution in [0.25, 0.3) is 0 Å². The molecular weight excluding hydrogens is 150 g/mol. The molecule has 2 heteroatoms. The van der Waals surface area contributed by atoms with E-state index in [1.807, 2.05) is 0 Å². The van der Waals surface area contributed by atoms with Crippen molar-refractivity contribution in [3.05, 3.63) is 12.2 Å². The fourth-order valence-electron chi connectivity index (χ4n) is 1.50. The molecule has 12 heavy (non-hydrogen) atoms. The van der Waals surface area contributed by atoms with E-state index < -0.39 is 0 Å². The summed E-state index contributed by atoms with van der Waals surface area (Å²) < 4.78 is 4.98. The molecule has 2 nitrogen and oxygen atoms in total. The van der Waals surface area contributed by atoms with Gasteiger partial charge in [0.1, 0.15) is 0 Å². The minimum Gasteiger partial charge on any atom is -0.385 e. The van der Waals surface area contributed by atoms with E-state index in [0.717, 1.165) is 19.6 Å². The fraction of sp³-hybridized carbons (Fsp3) is 0.800. The van der Waals surface area contributed by atoms with Gasteiger partial charge in [0, 0.05) is 19.8 Å². The lowest BCUT2D eigenvalue weighted by molar-refractivity contribution is 0.193. The van der Waals surface area contributed by atoms with E-state index in [1.54, 1.807) is 7.11 Å². The molecule has 0 saturated carbocycles. The topological polar surface area (TPSA) is 21.3 Å². The van der Waals surface area contributed by atoms with E-state index in [9.17, 15) is 0 Å². The van der Waals surface area contributed by atoms with Crippen molar-refractivity contribution in [2.45, 2.75) is 31.7 Å². The third-order valence-corrected chi connectivity index (χ3v) is 2.23. The smallest absolute Gasteiger partial charge is 0.0474 e. The van der Waals surface area contributed by atoms with Crippen molar-refractivity contribution in [2.75, 3.05) is 20.3 Å². The van der Waals surface area contributed by atoms with Gasteiger partial charge in [0.05, 0.1) is 0 Å². The van der Waals surface area contributed by atoms with E-state index in [-0.39, 0.29) is 0 Å². The van der Waals surface area contributed by atoms with E-state index in [1.165, 1.54) is 19.3 Å². The van der Waals surface area contributed by atoms with Crippen molar-refractivity contribution in [3.8, 4) is 0 Å². The van der Waals surface area contributed by atoms with Crippen molar-refractivity contribution in [2.24, 2.45) is 0 Å². The third-order valence-electron chi connectivity index (χ3n) is 2.23. The zero-order chi connectivity index (χ0) is 8.65. The van der Waals surface area contributed by atoms with Gasteiger partial charge in [-0.15, -0.1) is 0 Å². The van der Waals surface area contributed by atoms with Crippen LogP contribution in [-0.4, -0.2) is 26.3 Å². The highest BCUT2D eigenvalue weighted by molar-refractivity contribution is 4.92. The lowest BCUT2D eigenvalue weighted by atomic mass is 10.0. The Morgan fingerprint density at radius 2 is 2.42 bits per heavy atom. The summed E-state index contributed by atoms with van der Waals surface area (Å²) >= 11 is 0. The number of allylic oxidation sites excluding steroid dienone is 1. The van der Waals surface area contributed by atoms with Crippen LogP contribution in [0.4, 0.5) is 0 Å². The summed E-state index contributed by atoms with van der Waals surface area (Å²) in [4.78, 5) is 0. The van der Waals surface area contributed by atoms with Gasteiger partial charge in [-0.05, 0) is 32.2 Å². The molecule has 0 spiro atoms. The van der Waals surface area contributed by atoms with Gasteiger partial charge >= 0.3 is 0 Å². The molecule has 0 aliphatic heterocycles. The Balaban J connectivity index is 1.95. The number of methoxy groups -OCH3 is 1. The second-order valence-corrected chi connectivity index (χ2v) is 3.28. The van der Waals surface area contributed by atoms with Crippen LogP contribution in [0.15, 0.2) is 12.2 Å². The molecule has 1 N–H and O–H groups in total. The van der Waals surface area contributed by atoms with Gasteiger partial charge in [0.25, 0.3) is 0 Å². The highest BCUT2D eigenvalue weighted by atomic mass is 16.5. The van der Waals surface area contributed by atoms with Crippen LogP contribution < -0.4 is 5.32 Å². The molecule has 0 fully saturated rings. The van der Waals surface area contributed by atoms with Crippen molar-refractivity contribution < 1.29 is 4.74 Å². The minimum absolute atomic E-state index is 0.715. The summed E-state index contributed by atoms with van der Waals surface area (Å²) in [5.74, 6) is 0. The maximum absolute atomic E-state index is 4.98. The molecule has 1 atom stereocenters. The number of nitrogens with one attached hydrogen (secondary N) is 1. The van der Waals surface area contributed by atoms with Gasteiger partial charge < -0.3 is 10.1 Å². The Hall–Kier alpha value is -0.340. The van der Waals surface area contributed by atoms with Gasteiger partial charge in [-0.1, -0.05) is 12.2 Å². The van der Waals surface area contributed by atoms with Gasteiger partial charge in [0.2, 0.25) is 0 Å². The van der Waals surface area contributed by atoms with Crippen LogP contribution in [0, 0.1) is 0 Å². The molecule has 0 heterocycles. The van der Waals surface area contributed by atoms with Crippen LogP contribution in [0.5, 0.6) is 0 Å². The van der Waals surface area contributed by atoms with E-state index >= 15 is 0 Å². The maximum atomic E-state index is 4.98. The molecule has 0 bridgehead atoms. The normalized spacial score (nSPS) is 22.9. The maximum Gasteiger partial charge on any atom is 0.0474 e. The molecule has 1 aliphatic carbocycles. The molecule has 70 valence electrons. The first-order valence-electron chi connectivity index (χ1n) is 4.81. The Kier molecular flexibility index (Phi) is 5.04. The average Bonchev–Trinajstić information content (AvgIpc) is 2.14. The molecule has 1 aliphatic rings. The second-order valence-electron chi connectivity index (χ2n) is 3.28. The predicted molar refractivity (Wildman–Crippen MR) is 51.3 cm³/mol. The first-order valence-corrected chi connectivity index (χ1v) is 4.81. The lowest BCUT2D eigenvalue weighted by Gasteiger charge is -2.18. The Bertz CT molecular complexity index is 134. The molecule has 1 unspecified atom stereocenters. The molecular formula is C10H19NO. The number of hydrogen-bond donors (Lipinski definition) is 1. The summed E-state index contributed by atoms with van der Waals surface area (Å²) in [6.07, 6.45) is 9.40. The zero-order valence-corrected chi connectivity index (χ0v) is 7.88. The summed E-state index contributed by atoms with van der Waals surface area (Å²) in [5, 5.41) is 3.53. The molecule has 0 radical (unpaired) electrons. The first-order chi connectivity index (χ1) is 5.93. The highest BCUT2D eigenvalue weighted by Gasteiger charge is 2.07. The highest BCUT2D eigenvalue weighted by Crippen LogP contribution is 2.09. The van der Waals surface area contributed by atoms with E-state index in [0.29, 0.717) is 6.04 Å². The molecule has 0 aromatic rings. The monoisotopic (exact) mass is 169 g/mol. The Morgan fingerprint density at radius 1 is 1.50 bits per heavy atom. The molecule has 0 aromatic carbocycles. The van der Waals surface area contributed by atoms with Gasteiger partial charge in [-0.3, -0.25) is 0 Å². The predicted octanol–water partition coefficient (Wildman–Crippen LogP) is 1.72. The SMILES string of the molecule is COCCCNC1CC=CCC1. The van der Waals surface area contributed by atoms with Crippen molar-refractivity contribution >= 4 is 0 Å². The van der Waals surface area contributed by atoms with Gasteiger partial charge in [0.15, 0.2) is 0 Å².